The van der Waals surface area contributed by atoms with Crippen molar-refractivity contribution in [3.05, 3.63) is 34.9 Å². The second kappa shape index (κ2) is 4.51. The van der Waals surface area contributed by atoms with E-state index in [1.807, 2.05) is 0 Å². The van der Waals surface area contributed by atoms with Gasteiger partial charge in [0, 0.05) is 18.1 Å². The van der Waals surface area contributed by atoms with E-state index < -0.39 is 6.43 Å². The van der Waals surface area contributed by atoms with Gasteiger partial charge in [-0.05, 0) is 24.1 Å². The molecule has 0 radical (unpaired) electrons. The Bertz CT molecular complexity index is 310. The summed E-state index contributed by atoms with van der Waals surface area (Å²) in [5.41, 5.74) is 1.41. The van der Waals surface area contributed by atoms with E-state index in [1.54, 1.807) is 26.0 Å². The van der Waals surface area contributed by atoms with Crippen molar-refractivity contribution < 1.29 is 13.9 Å². The number of alkyl halides is 2. The van der Waals surface area contributed by atoms with Crippen LogP contribution in [0.2, 0.25) is 0 Å². The number of aliphatic hydroxyl groups is 1. The molecular weight excluding hydrogens is 186 g/mol. The second-order valence-electron chi connectivity index (χ2n) is 3.50. The molecule has 0 aliphatic heterocycles. The van der Waals surface area contributed by atoms with Crippen LogP contribution < -0.4 is 0 Å². The highest BCUT2D eigenvalue weighted by molar-refractivity contribution is 5.33. The Kier molecular flexibility index (Phi) is 3.58. The fraction of sp³-hybridized carbons (Fsp3) is 0.455. The minimum Gasteiger partial charge on any atom is -0.396 e. The zero-order valence-corrected chi connectivity index (χ0v) is 8.30. The van der Waals surface area contributed by atoms with Crippen molar-refractivity contribution in [2.75, 3.05) is 6.61 Å². The van der Waals surface area contributed by atoms with Crippen molar-refractivity contribution in [3.8, 4) is 0 Å². The first-order chi connectivity index (χ1) is 6.56. The van der Waals surface area contributed by atoms with Gasteiger partial charge in [-0.3, -0.25) is 0 Å². The van der Waals surface area contributed by atoms with E-state index in [0.29, 0.717) is 5.56 Å². The van der Waals surface area contributed by atoms with Crippen LogP contribution in [0.15, 0.2) is 18.2 Å². The third-order valence-electron chi connectivity index (χ3n) is 2.38. The third kappa shape index (κ3) is 2.29. The minimum absolute atomic E-state index is 0.0221. The Balaban J connectivity index is 3.06. The lowest BCUT2D eigenvalue weighted by molar-refractivity contribution is 0.150. The van der Waals surface area contributed by atoms with E-state index in [1.165, 1.54) is 6.07 Å². The van der Waals surface area contributed by atoms with Crippen LogP contribution in [-0.2, 0) is 0 Å². The van der Waals surface area contributed by atoms with Gasteiger partial charge in [0.2, 0.25) is 0 Å². The lowest BCUT2D eigenvalue weighted by Gasteiger charge is -2.12. The molecule has 0 aromatic heterocycles. The summed E-state index contributed by atoms with van der Waals surface area (Å²) in [7, 11) is 0. The van der Waals surface area contributed by atoms with E-state index in [9.17, 15) is 8.78 Å². The molecule has 0 aliphatic carbocycles. The van der Waals surface area contributed by atoms with Gasteiger partial charge in [-0.2, -0.15) is 0 Å². The molecule has 1 unspecified atom stereocenters. The highest BCUT2D eigenvalue weighted by Gasteiger charge is 2.13. The summed E-state index contributed by atoms with van der Waals surface area (Å²) in [6.07, 6.45) is -2.44. The Labute approximate surface area is 82.4 Å². The second-order valence-corrected chi connectivity index (χ2v) is 3.50. The summed E-state index contributed by atoms with van der Waals surface area (Å²) in [4.78, 5) is 0. The molecule has 0 saturated carbocycles. The van der Waals surface area contributed by atoms with Gasteiger partial charge in [0.05, 0.1) is 0 Å². The molecule has 14 heavy (non-hydrogen) atoms. The van der Waals surface area contributed by atoms with Crippen molar-refractivity contribution in [3.63, 3.8) is 0 Å². The van der Waals surface area contributed by atoms with Gasteiger partial charge in [-0.1, -0.05) is 19.1 Å². The topological polar surface area (TPSA) is 20.2 Å². The predicted molar refractivity (Wildman–Crippen MR) is 51.6 cm³/mol. The van der Waals surface area contributed by atoms with Gasteiger partial charge in [-0.15, -0.1) is 0 Å². The molecule has 1 aromatic rings. The van der Waals surface area contributed by atoms with Gasteiger partial charge < -0.3 is 5.11 Å². The molecular formula is C11H14F2O. The number of aliphatic hydroxyl groups excluding tert-OH is 1. The van der Waals surface area contributed by atoms with E-state index in [2.05, 4.69) is 0 Å². The lowest BCUT2D eigenvalue weighted by Crippen LogP contribution is -2.01. The van der Waals surface area contributed by atoms with Crippen LogP contribution in [0.1, 0.15) is 36.0 Å². The monoisotopic (exact) mass is 200 g/mol. The number of aryl methyl sites for hydroxylation is 1. The predicted octanol–water partition coefficient (Wildman–Crippen LogP) is 3.03. The Morgan fingerprint density at radius 2 is 2.00 bits per heavy atom. The molecule has 0 saturated heterocycles. The quantitative estimate of drug-likeness (QED) is 0.795. The first kappa shape index (κ1) is 11.1. The first-order valence-electron chi connectivity index (χ1n) is 4.55. The molecule has 0 fully saturated rings. The Morgan fingerprint density at radius 1 is 1.36 bits per heavy atom. The van der Waals surface area contributed by atoms with Gasteiger partial charge in [0.25, 0.3) is 6.43 Å². The SMILES string of the molecule is Cc1ccc(C(C)CO)cc1C(F)F. The maximum atomic E-state index is 12.5. The van der Waals surface area contributed by atoms with E-state index >= 15 is 0 Å². The molecule has 1 N–H and O–H groups in total. The molecule has 0 bridgehead atoms. The van der Waals surface area contributed by atoms with Crippen molar-refractivity contribution in [2.45, 2.75) is 26.2 Å². The summed E-state index contributed by atoms with van der Waals surface area (Å²) < 4.78 is 25.0. The van der Waals surface area contributed by atoms with Crippen LogP contribution >= 0.6 is 0 Å². The van der Waals surface area contributed by atoms with E-state index in [-0.39, 0.29) is 18.1 Å². The number of rotatable bonds is 3. The zero-order valence-electron chi connectivity index (χ0n) is 8.30. The maximum absolute atomic E-state index is 12.5. The standard InChI is InChI=1S/C11H14F2O/c1-7-3-4-9(8(2)6-14)5-10(7)11(12)13/h3-5,8,11,14H,6H2,1-2H3. The lowest BCUT2D eigenvalue weighted by atomic mass is 9.97. The first-order valence-corrected chi connectivity index (χ1v) is 4.55. The van der Waals surface area contributed by atoms with Crippen LogP contribution in [-0.4, -0.2) is 11.7 Å². The molecule has 1 aromatic carbocycles. The molecule has 0 amide bonds. The molecule has 0 heterocycles. The van der Waals surface area contributed by atoms with Crippen LogP contribution in [0.5, 0.6) is 0 Å². The molecule has 0 spiro atoms. The van der Waals surface area contributed by atoms with Gasteiger partial charge in [0.1, 0.15) is 0 Å². The summed E-state index contributed by atoms with van der Waals surface area (Å²) in [6, 6.07) is 4.92. The minimum atomic E-state index is -2.44. The van der Waals surface area contributed by atoms with Crippen LogP contribution in [0.4, 0.5) is 8.78 Å². The molecule has 78 valence electrons. The van der Waals surface area contributed by atoms with Crippen molar-refractivity contribution in [1.29, 1.82) is 0 Å². The number of halogens is 2. The van der Waals surface area contributed by atoms with Crippen molar-refractivity contribution >= 4 is 0 Å². The molecule has 3 heteroatoms. The largest absolute Gasteiger partial charge is 0.396 e. The Morgan fingerprint density at radius 3 is 2.50 bits per heavy atom. The number of hydrogen-bond acceptors (Lipinski definition) is 1. The molecule has 1 nitrogen and oxygen atoms in total. The van der Waals surface area contributed by atoms with Gasteiger partial charge in [0.15, 0.2) is 0 Å². The molecule has 1 atom stereocenters. The van der Waals surface area contributed by atoms with E-state index in [0.717, 1.165) is 5.56 Å². The van der Waals surface area contributed by atoms with Crippen molar-refractivity contribution in [1.82, 2.24) is 0 Å². The highest BCUT2D eigenvalue weighted by atomic mass is 19.3. The van der Waals surface area contributed by atoms with Crippen LogP contribution in [0.25, 0.3) is 0 Å². The average molecular weight is 200 g/mol. The van der Waals surface area contributed by atoms with Crippen molar-refractivity contribution in [2.24, 2.45) is 0 Å². The normalized spacial score (nSPS) is 13.3. The average Bonchev–Trinajstić information content (AvgIpc) is 2.17. The maximum Gasteiger partial charge on any atom is 0.264 e. The van der Waals surface area contributed by atoms with Crippen LogP contribution in [0, 0.1) is 6.92 Å². The summed E-state index contributed by atoms with van der Waals surface area (Å²) in [5.74, 6) is -0.0897. The summed E-state index contributed by atoms with van der Waals surface area (Å²) >= 11 is 0. The fourth-order valence-electron chi connectivity index (χ4n) is 1.31. The Hall–Kier alpha value is -0.960. The smallest absolute Gasteiger partial charge is 0.264 e. The molecule has 1 rings (SSSR count). The summed E-state index contributed by atoms with van der Waals surface area (Å²) in [5, 5.41) is 8.90. The summed E-state index contributed by atoms with van der Waals surface area (Å²) in [6.45, 7) is 3.44. The highest BCUT2D eigenvalue weighted by Crippen LogP contribution is 2.26. The van der Waals surface area contributed by atoms with E-state index in [4.69, 9.17) is 5.11 Å². The third-order valence-corrected chi connectivity index (χ3v) is 2.38. The number of benzene rings is 1. The number of hydrogen-bond donors (Lipinski definition) is 1. The molecule has 0 aliphatic rings. The zero-order chi connectivity index (χ0) is 10.7. The fourth-order valence-corrected chi connectivity index (χ4v) is 1.31. The van der Waals surface area contributed by atoms with Crippen LogP contribution in [0.3, 0.4) is 0 Å². The van der Waals surface area contributed by atoms with Gasteiger partial charge in [-0.25, -0.2) is 8.78 Å². The van der Waals surface area contributed by atoms with Gasteiger partial charge >= 0.3 is 0 Å².